The highest BCUT2D eigenvalue weighted by atomic mass is 16.6. The number of piperazine rings is 1. The predicted molar refractivity (Wildman–Crippen MR) is 212 cm³/mol. The number of methoxy groups -OCH3 is 1. The molecule has 1 aromatic carbocycles. The molecule has 2 atom stereocenters. The average molecular weight is 807 g/mol. The fourth-order valence-corrected chi connectivity index (χ4v) is 7.89. The van der Waals surface area contributed by atoms with Gasteiger partial charge in [0.1, 0.15) is 29.3 Å². The molecule has 0 radical (unpaired) electrons. The largest absolute Gasteiger partial charge is 0.497 e. The maximum atomic E-state index is 14.1. The van der Waals surface area contributed by atoms with Gasteiger partial charge in [0.25, 0.3) is 11.8 Å². The van der Waals surface area contributed by atoms with Crippen LogP contribution in [0.25, 0.3) is 10.9 Å². The summed E-state index contributed by atoms with van der Waals surface area (Å²) < 4.78 is 22.4. The van der Waals surface area contributed by atoms with Gasteiger partial charge in [0, 0.05) is 62.7 Å². The smallest absolute Gasteiger partial charge is 0.409 e. The zero-order chi connectivity index (χ0) is 41.0. The van der Waals surface area contributed by atoms with Gasteiger partial charge in [-0.3, -0.25) is 24.0 Å². The van der Waals surface area contributed by atoms with Crippen LogP contribution in [0.5, 0.6) is 11.5 Å². The number of nitrogens with one attached hydrogen (secondary N) is 2. The third-order valence-electron chi connectivity index (χ3n) is 11.7. The number of rotatable bonds is 17. The number of amides is 5. The maximum absolute atomic E-state index is 14.1. The molecule has 2 aliphatic heterocycles. The van der Waals surface area contributed by atoms with Crippen LogP contribution in [-0.4, -0.2) is 133 Å². The highest BCUT2D eigenvalue weighted by Crippen LogP contribution is 2.30. The summed E-state index contributed by atoms with van der Waals surface area (Å²) in [6.07, 6.45) is 9.64. The van der Waals surface area contributed by atoms with Crippen molar-refractivity contribution in [3.05, 3.63) is 30.0 Å². The number of carbonyl (C=O) groups is 6. The molecule has 2 unspecified atom stereocenters. The summed E-state index contributed by atoms with van der Waals surface area (Å²) in [5.41, 5.74) is 0.275. The van der Waals surface area contributed by atoms with Crippen molar-refractivity contribution in [2.24, 2.45) is 5.92 Å². The Balaban J connectivity index is 1.15. The molecule has 4 aliphatic rings. The van der Waals surface area contributed by atoms with E-state index >= 15 is 0 Å². The van der Waals surface area contributed by atoms with Crippen LogP contribution in [0.3, 0.4) is 0 Å². The van der Waals surface area contributed by atoms with Gasteiger partial charge in [0.2, 0.25) is 11.8 Å². The van der Waals surface area contributed by atoms with Gasteiger partial charge in [0.05, 0.1) is 25.8 Å². The summed E-state index contributed by atoms with van der Waals surface area (Å²) in [5.74, 6) is -1.01. The van der Waals surface area contributed by atoms with Crippen molar-refractivity contribution in [3.63, 3.8) is 0 Å². The fourth-order valence-electron chi connectivity index (χ4n) is 7.89. The first-order valence-corrected chi connectivity index (χ1v) is 21.0. The molecule has 4 fully saturated rings. The summed E-state index contributed by atoms with van der Waals surface area (Å²) in [7, 11) is 1.51. The second-order valence-electron chi connectivity index (χ2n) is 15.7. The second kappa shape index (κ2) is 20.5. The van der Waals surface area contributed by atoms with Gasteiger partial charge < -0.3 is 44.3 Å². The van der Waals surface area contributed by atoms with Crippen molar-refractivity contribution in [2.75, 3.05) is 59.7 Å². The molecule has 0 bridgehead atoms. The van der Waals surface area contributed by atoms with Gasteiger partial charge in [-0.05, 0) is 75.8 Å². The van der Waals surface area contributed by atoms with Gasteiger partial charge in [-0.15, -0.1) is 0 Å². The lowest BCUT2D eigenvalue weighted by Crippen LogP contribution is -2.56. The molecule has 58 heavy (non-hydrogen) atoms. The third kappa shape index (κ3) is 11.1. The van der Waals surface area contributed by atoms with E-state index in [0.717, 1.165) is 57.8 Å². The zero-order valence-corrected chi connectivity index (χ0v) is 33.8. The second-order valence-corrected chi connectivity index (χ2v) is 15.7. The molecule has 316 valence electrons. The maximum Gasteiger partial charge on any atom is 0.409 e. The standard InChI is InChI=1S/C42H58N6O10/c1-3-4-23-56-42(54)47-21-19-46(20-22-47)41(53)32(16-17-38(50)58-26-28-9-5-6-10-28)45-39(51)34-25-36(31-15-14-30(55-2)24-33(31)44-34)57-27-37(49)48-18-8-13-35(48)40(52)43-29-11-7-12-29/h14-15,24-25,28-29,32,35H,3-13,16-23,26-27H2,1-2H3,(H,43,52)(H,45,51). The van der Waals surface area contributed by atoms with Crippen molar-refractivity contribution >= 4 is 46.6 Å². The quantitative estimate of drug-likeness (QED) is 0.174. The normalized spacial score (nSPS) is 19.0. The summed E-state index contributed by atoms with van der Waals surface area (Å²) in [6.45, 7) is 3.71. The number of benzene rings is 1. The van der Waals surface area contributed by atoms with Crippen LogP contribution in [-0.2, 0) is 28.7 Å². The Morgan fingerprint density at radius 1 is 0.879 bits per heavy atom. The Hall–Kier alpha value is -5.15. The monoisotopic (exact) mass is 806 g/mol. The van der Waals surface area contributed by atoms with Crippen LogP contribution in [0.15, 0.2) is 24.3 Å². The van der Waals surface area contributed by atoms with Crippen molar-refractivity contribution in [1.82, 2.24) is 30.3 Å². The Labute approximate surface area is 339 Å². The molecular formula is C42H58N6O10. The minimum atomic E-state index is -1.11. The van der Waals surface area contributed by atoms with Crippen LogP contribution in [0.2, 0.25) is 0 Å². The highest BCUT2D eigenvalue weighted by Gasteiger charge is 2.36. The van der Waals surface area contributed by atoms with Crippen LogP contribution < -0.4 is 20.1 Å². The lowest BCUT2D eigenvalue weighted by atomic mass is 9.93. The first-order valence-electron chi connectivity index (χ1n) is 21.0. The van der Waals surface area contributed by atoms with E-state index < -0.39 is 36.0 Å². The molecule has 2 aliphatic carbocycles. The lowest BCUT2D eigenvalue weighted by Gasteiger charge is -2.36. The molecule has 2 aromatic rings. The molecule has 5 amide bonds. The number of pyridine rings is 1. The summed E-state index contributed by atoms with van der Waals surface area (Å²) in [4.78, 5) is 89.3. The first kappa shape index (κ1) is 42.5. The van der Waals surface area contributed by atoms with E-state index in [1.807, 2.05) is 6.92 Å². The average Bonchev–Trinajstić information content (AvgIpc) is 3.95. The predicted octanol–water partition coefficient (Wildman–Crippen LogP) is 3.97. The van der Waals surface area contributed by atoms with Crippen LogP contribution in [0, 0.1) is 5.92 Å². The van der Waals surface area contributed by atoms with Gasteiger partial charge >= 0.3 is 12.1 Å². The Bertz CT molecular complexity index is 1790. The number of hydrogen-bond acceptors (Lipinski definition) is 11. The minimum Gasteiger partial charge on any atom is -0.497 e. The van der Waals surface area contributed by atoms with Crippen LogP contribution in [0.4, 0.5) is 4.79 Å². The molecular weight excluding hydrogens is 748 g/mol. The molecule has 2 saturated carbocycles. The fraction of sp³-hybridized carbons (Fsp3) is 0.643. The number of hydrogen-bond donors (Lipinski definition) is 2. The summed E-state index contributed by atoms with van der Waals surface area (Å²) in [5, 5.41) is 6.39. The number of carbonyl (C=O) groups excluding carboxylic acids is 6. The molecule has 2 N–H and O–H groups in total. The van der Waals surface area contributed by atoms with Gasteiger partial charge in [-0.1, -0.05) is 26.2 Å². The summed E-state index contributed by atoms with van der Waals surface area (Å²) in [6, 6.07) is 4.98. The van der Waals surface area contributed by atoms with E-state index in [1.165, 1.54) is 13.2 Å². The topological polar surface area (TPSA) is 186 Å². The van der Waals surface area contributed by atoms with E-state index in [4.69, 9.17) is 18.9 Å². The van der Waals surface area contributed by atoms with Gasteiger partial charge in [-0.25, -0.2) is 9.78 Å². The van der Waals surface area contributed by atoms with E-state index in [2.05, 4.69) is 15.6 Å². The van der Waals surface area contributed by atoms with Crippen LogP contribution >= 0.6 is 0 Å². The third-order valence-corrected chi connectivity index (χ3v) is 11.7. The number of aromatic nitrogens is 1. The Morgan fingerprint density at radius 2 is 1.64 bits per heavy atom. The molecule has 16 heteroatoms. The number of nitrogens with zero attached hydrogens (tertiary/aromatic N) is 4. The van der Waals surface area contributed by atoms with Gasteiger partial charge in [-0.2, -0.15) is 0 Å². The minimum absolute atomic E-state index is 0.0159. The van der Waals surface area contributed by atoms with Crippen LogP contribution in [0.1, 0.15) is 101 Å². The number of fused-ring (bicyclic) bond motifs is 1. The van der Waals surface area contributed by atoms with E-state index in [9.17, 15) is 28.8 Å². The highest BCUT2D eigenvalue weighted by molar-refractivity contribution is 6.00. The number of likely N-dealkylation sites (tertiary alicyclic amines) is 1. The van der Waals surface area contributed by atoms with E-state index in [1.54, 1.807) is 32.9 Å². The van der Waals surface area contributed by atoms with Crippen molar-refractivity contribution < 1.29 is 47.7 Å². The molecule has 2 saturated heterocycles. The Kier molecular flexibility index (Phi) is 15.0. The number of esters is 1. The summed E-state index contributed by atoms with van der Waals surface area (Å²) >= 11 is 0. The molecule has 3 heterocycles. The number of unbranched alkanes of at least 4 members (excludes halogenated alkanes) is 1. The lowest BCUT2D eigenvalue weighted by molar-refractivity contribution is -0.145. The van der Waals surface area contributed by atoms with Gasteiger partial charge in [0.15, 0.2) is 6.61 Å². The molecule has 16 nitrogen and oxygen atoms in total. The molecule has 0 spiro atoms. The van der Waals surface area contributed by atoms with E-state index in [-0.39, 0.29) is 74.9 Å². The van der Waals surface area contributed by atoms with E-state index in [0.29, 0.717) is 55.2 Å². The molecule has 6 rings (SSSR count). The SMILES string of the molecule is CCCCOC(=O)N1CCN(C(=O)C(CCC(=O)OCC2CCCC2)NC(=O)c2cc(OCC(=O)N3CCCC3C(=O)NC3CCC3)c3ccc(OC)cc3n2)CC1. The molecule has 1 aromatic heterocycles. The Morgan fingerprint density at radius 3 is 2.34 bits per heavy atom. The number of ether oxygens (including phenoxy) is 4. The zero-order valence-electron chi connectivity index (χ0n) is 33.8. The van der Waals surface area contributed by atoms with Crippen molar-refractivity contribution in [2.45, 2.75) is 109 Å². The van der Waals surface area contributed by atoms with Crippen molar-refractivity contribution in [3.8, 4) is 11.5 Å². The van der Waals surface area contributed by atoms with Crippen molar-refractivity contribution in [1.29, 1.82) is 0 Å². The first-order chi connectivity index (χ1) is 28.1.